The zero-order valence-electron chi connectivity index (χ0n) is 54.4. The summed E-state index contributed by atoms with van der Waals surface area (Å²) in [5.74, 6) is 17.1. The van der Waals surface area contributed by atoms with Gasteiger partial charge in [-0.1, -0.05) is 80.6 Å². The van der Waals surface area contributed by atoms with E-state index >= 15 is 0 Å². The topological polar surface area (TPSA) is 168 Å². The first-order valence-electron chi connectivity index (χ1n) is 31.9. The van der Waals surface area contributed by atoms with Crippen molar-refractivity contribution in [1.29, 1.82) is 0 Å². The molecule has 0 spiro atoms. The number of unbranched alkanes of at least 4 members (excludes halogenated alkanes) is 2. The maximum Gasteiger partial charge on any atom is 0.410 e. The third-order valence-electron chi connectivity index (χ3n) is 17.1. The van der Waals surface area contributed by atoms with E-state index in [1.54, 1.807) is 68.7 Å². The highest BCUT2D eigenvalue weighted by atomic mass is 32.5. The van der Waals surface area contributed by atoms with Gasteiger partial charge in [0, 0.05) is 83.9 Å². The summed E-state index contributed by atoms with van der Waals surface area (Å²) in [7, 11) is 5.01. The first kappa shape index (κ1) is 66.1. The first-order valence-corrected chi connectivity index (χ1v) is 34.5. The van der Waals surface area contributed by atoms with E-state index in [9.17, 15) is 14.9 Å². The number of aromatic nitrogens is 3. The van der Waals surface area contributed by atoms with Crippen LogP contribution in [0.15, 0.2) is 181 Å². The normalized spacial score (nSPS) is 13.0. The molecular weight excluding hydrogens is 1230 g/mol. The largest absolute Gasteiger partial charge is 0.497 e. The van der Waals surface area contributed by atoms with Gasteiger partial charge < -0.3 is 37.8 Å². The number of likely N-dealkylation sites (N-methyl/N-ethyl adjacent to an activating group) is 1. The number of hydrogen-bond donors (Lipinski definition) is 0. The molecule has 484 valence electrons. The number of ether oxygens (including phenoxy) is 4. The fourth-order valence-corrected chi connectivity index (χ4v) is 13.9. The van der Waals surface area contributed by atoms with Crippen molar-refractivity contribution in [2.24, 2.45) is 5.10 Å². The van der Waals surface area contributed by atoms with E-state index < -0.39 is 11.6 Å². The summed E-state index contributed by atoms with van der Waals surface area (Å²) in [5, 5.41) is 25.1. The van der Waals surface area contributed by atoms with E-state index in [4.69, 9.17) is 39.8 Å². The molecular formula is C76H75N8O9PS. The minimum atomic E-state index is -3.43. The van der Waals surface area contributed by atoms with E-state index in [-0.39, 0.29) is 29.3 Å². The molecule has 1 unspecified atom stereocenters. The summed E-state index contributed by atoms with van der Waals surface area (Å²) in [6.07, 6.45) is 10.5. The molecule has 1 aliphatic carbocycles. The Morgan fingerprint density at radius 1 is 0.705 bits per heavy atom. The highest BCUT2D eigenvalue weighted by molar-refractivity contribution is 8.09. The molecule has 9 aromatic rings. The summed E-state index contributed by atoms with van der Waals surface area (Å²) < 4.78 is 39.4. The fourth-order valence-electron chi connectivity index (χ4n) is 12.0. The van der Waals surface area contributed by atoms with Crippen LogP contribution >= 0.6 is 6.64 Å². The molecule has 1 aromatic heterocycles. The molecule has 0 saturated heterocycles. The van der Waals surface area contributed by atoms with Crippen LogP contribution in [0.4, 0.5) is 17.1 Å². The zero-order valence-corrected chi connectivity index (χ0v) is 56.1. The van der Waals surface area contributed by atoms with Gasteiger partial charge in [-0.2, -0.15) is 5.10 Å². The predicted octanol–water partition coefficient (Wildman–Crippen LogP) is 15.7. The summed E-state index contributed by atoms with van der Waals surface area (Å²) in [4.78, 5) is 27.3. The highest BCUT2D eigenvalue weighted by Crippen LogP contribution is 2.55. The number of carbonyl (C=O) groups excluding carboxylic acids is 1. The van der Waals surface area contributed by atoms with Crippen LogP contribution in [0.1, 0.15) is 116 Å². The average Bonchev–Trinajstić information content (AvgIpc) is 1.57. The van der Waals surface area contributed by atoms with Gasteiger partial charge in [-0.25, -0.2) is 9.46 Å². The van der Waals surface area contributed by atoms with Crippen LogP contribution in [0.2, 0.25) is 0 Å². The maximum atomic E-state index is 12.3. The van der Waals surface area contributed by atoms with Gasteiger partial charge >= 0.3 is 6.64 Å². The number of nitro benzene ring substituents is 1. The number of methoxy groups -OCH3 is 2. The second kappa shape index (κ2) is 30.1. The van der Waals surface area contributed by atoms with Crippen LogP contribution in [-0.2, 0) is 35.0 Å². The number of anilines is 2. The van der Waals surface area contributed by atoms with Gasteiger partial charge in [0.05, 0.1) is 43.8 Å². The molecule has 0 fully saturated rings. The lowest BCUT2D eigenvalue weighted by molar-refractivity contribution is -0.384. The van der Waals surface area contributed by atoms with Gasteiger partial charge in [-0.05, 0) is 206 Å². The lowest BCUT2D eigenvalue weighted by atomic mass is 9.70. The quantitative estimate of drug-likeness (QED) is 0.0165. The SMILES string of the molecule is CCCCC1(CCCC)c2cc(C#Cc3ccc(OC)cc3)ccc2-c2ccc(C#Cc3ccc(N(CC)CCOc4ccc(OP(=S)(Oc5ccc(-n6cc(COc7ccc([N+](=O)[O-])c8c7CCN8C(C)=O)nn6)cc5)N(C)/N=C\c5ccc(OC)cc5)cc4)cc3)cc21. The number of carbonyl (C=O) groups is 1. The van der Waals surface area contributed by atoms with Gasteiger partial charge in [-0.3, -0.25) is 14.9 Å². The number of nitrogens with zero attached hydrogens (tertiary/aromatic N) is 8. The molecule has 0 N–H and O–H groups in total. The molecule has 2 heterocycles. The average molecular weight is 1310 g/mol. The van der Waals surface area contributed by atoms with E-state index in [1.165, 1.54) is 44.9 Å². The molecule has 1 amide bonds. The summed E-state index contributed by atoms with van der Waals surface area (Å²) in [6, 6.07) is 54.8. The number of nitro groups is 1. The number of amides is 1. The Balaban J connectivity index is 0.724. The molecule has 2 aliphatic rings. The molecule has 1 atom stereocenters. The second-order valence-electron chi connectivity index (χ2n) is 23.2. The molecule has 0 saturated carbocycles. The van der Waals surface area contributed by atoms with Crippen molar-refractivity contribution >= 4 is 47.6 Å². The Hall–Kier alpha value is -10.4. The van der Waals surface area contributed by atoms with Gasteiger partial charge in [0.1, 0.15) is 59.1 Å². The van der Waals surface area contributed by atoms with Crippen LogP contribution in [0, 0.1) is 33.8 Å². The third kappa shape index (κ3) is 15.3. The number of benzene rings is 8. The monoisotopic (exact) mass is 1310 g/mol. The van der Waals surface area contributed by atoms with Crippen molar-refractivity contribution in [2.75, 3.05) is 57.3 Å². The van der Waals surface area contributed by atoms with Crippen molar-refractivity contribution in [3.05, 3.63) is 236 Å². The maximum absolute atomic E-state index is 12.3. The van der Waals surface area contributed by atoms with Gasteiger partial charge in [0.2, 0.25) is 5.91 Å². The van der Waals surface area contributed by atoms with Crippen LogP contribution in [-0.4, -0.2) is 84.3 Å². The van der Waals surface area contributed by atoms with Crippen molar-refractivity contribution in [3.63, 3.8) is 0 Å². The Kier molecular flexibility index (Phi) is 21.0. The number of hydrogen-bond acceptors (Lipinski definition) is 14. The smallest absolute Gasteiger partial charge is 0.410 e. The molecule has 19 heteroatoms. The predicted molar refractivity (Wildman–Crippen MR) is 377 cm³/mol. The summed E-state index contributed by atoms with van der Waals surface area (Å²) in [5.41, 5.74) is 13.0. The first-order chi connectivity index (χ1) is 46.2. The fraction of sp³-hybridized carbons (Fsp3) is 0.263. The summed E-state index contributed by atoms with van der Waals surface area (Å²) in [6.45, 7) is 6.89. The molecule has 0 radical (unpaired) electrons. The summed E-state index contributed by atoms with van der Waals surface area (Å²) >= 11 is 6.24. The van der Waals surface area contributed by atoms with Crippen molar-refractivity contribution in [1.82, 2.24) is 19.8 Å². The lowest BCUT2D eigenvalue weighted by Gasteiger charge is -2.33. The molecule has 0 bridgehead atoms. The van der Waals surface area contributed by atoms with E-state index in [0.717, 1.165) is 90.1 Å². The minimum Gasteiger partial charge on any atom is -0.497 e. The van der Waals surface area contributed by atoms with Crippen LogP contribution in [0.3, 0.4) is 0 Å². The van der Waals surface area contributed by atoms with Gasteiger partial charge in [0.15, 0.2) is 0 Å². The number of rotatable bonds is 26. The Labute approximate surface area is 560 Å². The van der Waals surface area contributed by atoms with E-state index in [2.05, 4.69) is 125 Å². The Bertz CT molecular complexity index is 4420. The number of fused-ring (bicyclic) bond motifs is 4. The standard InChI is InChI=1S/C76H75N8O9PS/c1-8-11-44-76(45-12-9-2)71-49-57(23-39-68(71)69-40-24-58(50-72(69)76)16-14-56-19-29-63(88-6)30-20-56)15-13-55-17-25-61(26-18-55)81(10-3)47-48-90-65-35-37-67(38-36-65)93-94(95,80(5)77-51-59-21-31-64(89-7)32-22-59)92-66-33-27-62(28-34-66)83-52-60(78-79-83)53-91-74-42-41-73(84(86)87)75-70(74)43-46-82(75)54(4)85/h17-42,49-52H,8-12,43-48,53H2,1-7H3/b77-51-. The van der Waals surface area contributed by atoms with Crippen LogP contribution < -0.4 is 37.8 Å². The Morgan fingerprint density at radius 3 is 1.80 bits per heavy atom. The molecule has 11 rings (SSSR count). The van der Waals surface area contributed by atoms with Crippen molar-refractivity contribution in [2.45, 2.75) is 84.7 Å². The second-order valence-corrected chi connectivity index (χ2v) is 26.4. The molecule has 1 aliphatic heterocycles. The van der Waals surface area contributed by atoms with Crippen molar-refractivity contribution < 1.29 is 37.7 Å². The third-order valence-corrected chi connectivity index (χ3v) is 19.9. The molecule has 17 nitrogen and oxygen atoms in total. The van der Waals surface area contributed by atoms with Gasteiger partial charge in [-0.15, -0.1) is 5.10 Å². The van der Waals surface area contributed by atoms with Crippen LogP contribution in [0.5, 0.6) is 34.5 Å². The minimum absolute atomic E-state index is 0.0364. The van der Waals surface area contributed by atoms with Gasteiger partial charge in [0.25, 0.3) is 5.69 Å². The Morgan fingerprint density at radius 2 is 1.24 bits per heavy atom. The van der Waals surface area contributed by atoms with Crippen LogP contribution in [0.25, 0.3) is 16.8 Å². The van der Waals surface area contributed by atoms with E-state index in [1.807, 2.05) is 72.8 Å². The van der Waals surface area contributed by atoms with E-state index in [0.29, 0.717) is 66.1 Å². The van der Waals surface area contributed by atoms with Crippen molar-refractivity contribution in [3.8, 4) is 75.0 Å². The molecule has 95 heavy (non-hydrogen) atoms. The molecule has 8 aromatic carbocycles. The number of hydrazone groups is 1. The lowest BCUT2D eigenvalue weighted by Crippen LogP contribution is -2.28. The highest BCUT2D eigenvalue weighted by Gasteiger charge is 2.42. The zero-order chi connectivity index (χ0) is 66.5.